The van der Waals surface area contributed by atoms with Gasteiger partial charge in [-0.1, -0.05) is 0 Å². The molecule has 5 heteroatoms. The van der Waals surface area contributed by atoms with Crippen molar-refractivity contribution in [2.75, 3.05) is 0 Å². The molecule has 70 valence electrons. The molecule has 0 saturated heterocycles. The van der Waals surface area contributed by atoms with Crippen LogP contribution in [0, 0.1) is 6.92 Å². The smallest absolute Gasteiger partial charge is 0.199 e. The van der Waals surface area contributed by atoms with Crippen LogP contribution in [-0.2, 0) is 25.7 Å². The minimum Gasteiger partial charge on any atom is -0.199 e. The Morgan fingerprint density at radius 2 is 1.38 bits per heavy atom. The molecule has 1 rings (SSSR count). The second-order valence-electron chi connectivity index (χ2n) is 2.19. The van der Waals surface area contributed by atoms with Crippen molar-refractivity contribution in [2.45, 2.75) is 6.18 Å². The molecule has 0 amide bonds. The molecule has 0 nitrogen and oxygen atoms in total. The van der Waals surface area contributed by atoms with Crippen LogP contribution in [0.15, 0.2) is 24.3 Å². The number of rotatable bonds is 0. The van der Waals surface area contributed by atoms with Crippen molar-refractivity contribution < 1.29 is 32.6 Å². The molecule has 0 radical (unpaired) electrons. The molecule has 0 spiro atoms. The largest absolute Gasteiger partial charge is 0.414 e. The summed E-state index contributed by atoms with van der Waals surface area (Å²) in [5, 5.41) is 0. The number of hydrogen-bond acceptors (Lipinski definition) is 0. The maximum atomic E-state index is 11.9. The molecule has 0 unspecified atom stereocenters. The van der Waals surface area contributed by atoms with Gasteiger partial charge in [-0.25, -0.2) is 0 Å². The molecule has 1 aromatic rings. The van der Waals surface area contributed by atoms with E-state index in [1.165, 1.54) is 12.1 Å². The first-order valence-corrected chi connectivity index (χ1v) is 2.99. The SMILES string of the molecule is Br.[CH2-]c1ccc(C(F)(F)F)cc1.[Zn]. The molecule has 0 saturated carbocycles. The van der Waals surface area contributed by atoms with Crippen molar-refractivity contribution in [3.8, 4) is 0 Å². The van der Waals surface area contributed by atoms with Crippen molar-refractivity contribution in [3.63, 3.8) is 0 Å². The molecule has 0 aliphatic heterocycles. The van der Waals surface area contributed by atoms with Gasteiger partial charge in [0.15, 0.2) is 0 Å². The number of benzene rings is 1. The van der Waals surface area contributed by atoms with Gasteiger partial charge < -0.3 is 0 Å². The molecule has 0 fully saturated rings. The van der Waals surface area contributed by atoms with E-state index in [0.717, 1.165) is 12.1 Å². The first-order chi connectivity index (χ1) is 5.00. The van der Waals surface area contributed by atoms with Gasteiger partial charge in [-0.3, -0.25) is 0 Å². The fourth-order valence-corrected chi connectivity index (χ4v) is 0.694. The monoisotopic (exact) mass is 303 g/mol. The van der Waals surface area contributed by atoms with Gasteiger partial charge in [-0.05, 0) is 0 Å². The Morgan fingerprint density at radius 1 is 1.00 bits per heavy atom. The Labute approximate surface area is 98.1 Å². The third-order valence-electron chi connectivity index (χ3n) is 1.28. The molecule has 1 aromatic carbocycles. The predicted octanol–water partition coefficient (Wildman–Crippen LogP) is 3.46. The second kappa shape index (κ2) is 5.66. The third-order valence-corrected chi connectivity index (χ3v) is 1.28. The van der Waals surface area contributed by atoms with Crippen LogP contribution in [0.3, 0.4) is 0 Å². The van der Waals surface area contributed by atoms with E-state index in [1.54, 1.807) is 0 Å². The minimum absolute atomic E-state index is 0. The fraction of sp³-hybridized carbons (Fsp3) is 0.125. The molecule has 0 heterocycles. The molecular formula is C8H7BrF3Zn-. The average molecular weight is 305 g/mol. The van der Waals surface area contributed by atoms with Crippen LogP contribution in [0.2, 0.25) is 0 Å². The summed E-state index contributed by atoms with van der Waals surface area (Å²) in [4.78, 5) is 0. The molecule has 0 N–H and O–H groups in total. The van der Waals surface area contributed by atoms with Gasteiger partial charge in [-0.2, -0.15) is 37.8 Å². The summed E-state index contributed by atoms with van der Waals surface area (Å²) in [6, 6.07) is 4.70. The maximum Gasteiger partial charge on any atom is 0.414 e. The zero-order valence-electron chi connectivity index (χ0n) is 6.77. The standard InChI is InChI=1S/C8H6F3.BrH.Zn/c1-6-2-4-7(5-3-6)8(9,10)11;;/h2-5H,1H2;1H;/q-1;;. The van der Waals surface area contributed by atoms with E-state index in [1.807, 2.05) is 0 Å². The van der Waals surface area contributed by atoms with Gasteiger partial charge in [0.1, 0.15) is 0 Å². The van der Waals surface area contributed by atoms with Gasteiger partial charge in [0.2, 0.25) is 0 Å². The molecule has 0 bridgehead atoms. The third kappa shape index (κ3) is 4.68. The molecule has 0 aromatic heterocycles. The van der Waals surface area contributed by atoms with Crippen molar-refractivity contribution in [3.05, 3.63) is 42.3 Å². The number of hydrogen-bond donors (Lipinski definition) is 0. The summed E-state index contributed by atoms with van der Waals surface area (Å²) in [5.41, 5.74) is -0.0529. The van der Waals surface area contributed by atoms with Crippen LogP contribution in [0.1, 0.15) is 11.1 Å². The van der Waals surface area contributed by atoms with E-state index in [9.17, 15) is 13.2 Å². The summed E-state index contributed by atoms with van der Waals surface area (Å²) in [6.07, 6.45) is -4.24. The Balaban J connectivity index is 0. The molecule has 0 atom stereocenters. The summed E-state index contributed by atoms with van der Waals surface area (Å²) in [5.74, 6) is 0. The molecule has 0 aliphatic carbocycles. The zero-order chi connectivity index (χ0) is 8.48. The van der Waals surface area contributed by atoms with Crippen molar-refractivity contribution in [1.29, 1.82) is 0 Å². The van der Waals surface area contributed by atoms with Gasteiger partial charge in [0, 0.05) is 25.0 Å². The normalized spacial score (nSPS) is 9.77. The second-order valence-corrected chi connectivity index (χ2v) is 2.19. The molecule has 0 aliphatic rings. The van der Waals surface area contributed by atoms with Crippen molar-refractivity contribution in [1.82, 2.24) is 0 Å². The van der Waals surface area contributed by atoms with Gasteiger partial charge in [0.05, 0.1) is 0 Å². The Hall–Kier alpha value is -0.0166. The van der Waals surface area contributed by atoms with Crippen LogP contribution >= 0.6 is 17.0 Å². The molecule has 13 heavy (non-hydrogen) atoms. The Bertz CT molecular complexity index is 243. The van der Waals surface area contributed by atoms with Gasteiger partial charge in [0.25, 0.3) is 0 Å². The number of halogens is 4. The van der Waals surface area contributed by atoms with Crippen molar-refractivity contribution in [2.24, 2.45) is 0 Å². The summed E-state index contributed by atoms with van der Waals surface area (Å²) >= 11 is 0. The quantitative estimate of drug-likeness (QED) is 0.509. The Kier molecular flexibility index (Phi) is 6.73. The summed E-state index contributed by atoms with van der Waals surface area (Å²) in [7, 11) is 0. The minimum atomic E-state index is -4.24. The summed E-state index contributed by atoms with van der Waals surface area (Å²) in [6.45, 7) is 3.48. The first-order valence-electron chi connectivity index (χ1n) is 2.99. The van der Waals surface area contributed by atoms with E-state index >= 15 is 0 Å². The van der Waals surface area contributed by atoms with Gasteiger partial charge in [-0.15, -0.1) is 29.1 Å². The van der Waals surface area contributed by atoms with Crippen LogP contribution in [0.25, 0.3) is 0 Å². The van der Waals surface area contributed by atoms with Crippen molar-refractivity contribution >= 4 is 17.0 Å². The topological polar surface area (TPSA) is 0 Å². The molecular weight excluding hydrogens is 298 g/mol. The van der Waals surface area contributed by atoms with Crippen LogP contribution < -0.4 is 0 Å². The van der Waals surface area contributed by atoms with E-state index in [2.05, 4.69) is 6.92 Å². The average Bonchev–Trinajstić information content (AvgIpc) is 1.86. The van der Waals surface area contributed by atoms with Crippen LogP contribution in [-0.4, -0.2) is 0 Å². The zero-order valence-corrected chi connectivity index (χ0v) is 11.4. The van der Waals surface area contributed by atoms with Crippen LogP contribution in [0.5, 0.6) is 0 Å². The van der Waals surface area contributed by atoms with E-state index in [0.29, 0.717) is 5.56 Å². The van der Waals surface area contributed by atoms with Gasteiger partial charge >= 0.3 is 6.18 Å². The fourth-order valence-electron chi connectivity index (χ4n) is 0.694. The van der Waals surface area contributed by atoms with E-state index in [-0.39, 0.29) is 36.5 Å². The summed E-state index contributed by atoms with van der Waals surface area (Å²) < 4.78 is 35.7. The first kappa shape index (κ1) is 15.5. The van der Waals surface area contributed by atoms with E-state index < -0.39 is 11.7 Å². The van der Waals surface area contributed by atoms with E-state index in [4.69, 9.17) is 0 Å². The Morgan fingerprint density at radius 3 is 1.69 bits per heavy atom. The predicted molar refractivity (Wildman–Crippen MR) is 46.2 cm³/mol. The maximum absolute atomic E-state index is 11.9. The van der Waals surface area contributed by atoms with Crippen LogP contribution in [0.4, 0.5) is 13.2 Å². The number of alkyl halides is 3.